The molecule has 8 rings (SSSR count). The average molecular weight is 1730 g/mol. The van der Waals surface area contributed by atoms with Gasteiger partial charge in [0.1, 0.15) is 0 Å². The van der Waals surface area contributed by atoms with Gasteiger partial charge in [0, 0.05) is 22.3 Å². The Hall–Kier alpha value is -6.98. The fourth-order valence-electron chi connectivity index (χ4n) is 17.4. The Morgan fingerprint density at radius 3 is 0.677 bits per heavy atom. The number of ether oxygens (including phenoxy) is 6. The maximum Gasteiger partial charge on any atom is 0.203 e. The summed E-state index contributed by atoms with van der Waals surface area (Å²) in [6, 6.07) is 32.9. The Morgan fingerprint density at radius 2 is 0.444 bits per heavy atom. The Balaban J connectivity index is 0.994. The quantitative estimate of drug-likeness (QED) is 0.0161. The second kappa shape index (κ2) is 65.6. The van der Waals surface area contributed by atoms with Crippen molar-refractivity contribution in [2.24, 2.45) is 0 Å². The Morgan fingerprint density at radius 1 is 0.234 bits per heavy atom. The molecule has 0 fully saturated rings. The zero-order chi connectivity index (χ0) is 87.2. The topological polar surface area (TPSA) is 89.5 Å². The molecule has 0 bridgehead atoms. The van der Waals surface area contributed by atoms with E-state index in [1.54, 1.807) is 0 Å². The average Bonchev–Trinajstić information content (AvgIpc) is 0.923. The Kier molecular flexibility index (Phi) is 54.1. The zero-order valence-electron chi connectivity index (χ0n) is 79.0. The van der Waals surface area contributed by atoms with Crippen molar-refractivity contribution in [3.05, 3.63) is 139 Å². The lowest BCUT2D eigenvalue weighted by atomic mass is 9.90. The lowest BCUT2D eigenvalue weighted by Crippen LogP contribution is -2.09. The molecule has 682 valence electrons. The van der Waals surface area contributed by atoms with Crippen LogP contribution in [0.2, 0.25) is 0 Å². The van der Waals surface area contributed by atoms with Crippen LogP contribution in [0.5, 0.6) is 34.5 Å². The van der Waals surface area contributed by atoms with E-state index in [2.05, 4.69) is 114 Å². The zero-order valence-corrected chi connectivity index (χ0v) is 80.6. The molecule has 2 aromatic heterocycles. The van der Waals surface area contributed by atoms with Gasteiger partial charge < -0.3 is 28.4 Å². The number of unbranched alkanes of at least 4 members (excludes halogenated alkanes) is 54. The van der Waals surface area contributed by atoms with Crippen molar-refractivity contribution in [3.8, 4) is 58.2 Å². The van der Waals surface area contributed by atoms with Crippen molar-refractivity contribution in [2.75, 3.05) is 39.6 Å². The summed E-state index contributed by atoms with van der Waals surface area (Å²) in [5.41, 5.74) is 2.92. The van der Waals surface area contributed by atoms with Crippen molar-refractivity contribution < 1.29 is 38.0 Å². The first-order valence-corrected chi connectivity index (χ1v) is 53.1. The fourth-order valence-corrected chi connectivity index (χ4v) is 19.0. The highest BCUT2D eigenvalue weighted by Crippen LogP contribution is 2.44. The van der Waals surface area contributed by atoms with Crippen LogP contribution in [0.4, 0.5) is 0 Å². The van der Waals surface area contributed by atoms with E-state index in [1.165, 1.54) is 331 Å². The molecule has 0 unspecified atom stereocenters. The van der Waals surface area contributed by atoms with Crippen molar-refractivity contribution in [1.29, 1.82) is 0 Å². The third-order valence-electron chi connectivity index (χ3n) is 25.0. The Labute approximate surface area is 762 Å². The van der Waals surface area contributed by atoms with E-state index < -0.39 is 0 Å². The van der Waals surface area contributed by atoms with Crippen LogP contribution in [0.3, 0.4) is 0 Å². The number of carbonyl (C=O) groups is 2. The maximum atomic E-state index is 15.0. The first kappa shape index (κ1) is 102. The number of ketones is 2. The van der Waals surface area contributed by atoms with Crippen LogP contribution in [0.1, 0.15) is 478 Å². The van der Waals surface area contributed by atoms with Gasteiger partial charge in [-0.1, -0.05) is 448 Å². The van der Waals surface area contributed by atoms with Crippen molar-refractivity contribution in [3.63, 3.8) is 0 Å². The summed E-state index contributed by atoms with van der Waals surface area (Å²) in [6.45, 7) is 17.1. The smallest absolute Gasteiger partial charge is 0.203 e. The van der Waals surface area contributed by atoms with Crippen LogP contribution in [-0.4, -0.2) is 51.2 Å². The summed E-state index contributed by atoms with van der Waals surface area (Å²) in [7, 11) is 0. The summed E-state index contributed by atoms with van der Waals surface area (Å²) in [6.07, 6.45) is 74.9. The van der Waals surface area contributed by atoms with Gasteiger partial charge in [0.2, 0.25) is 23.1 Å². The molecule has 6 aromatic carbocycles. The summed E-state index contributed by atoms with van der Waals surface area (Å²) in [4.78, 5) is 32.8. The van der Waals surface area contributed by atoms with Gasteiger partial charge in [-0.25, -0.2) is 0 Å². The number of thiophene rings is 2. The molecule has 8 aromatic rings. The second-order valence-corrected chi connectivity index (χ2v) is 38.1. The molecule has 0 saturated carbocycles. The minimum absolute atomic E-state index is 0.0778. The minimum atomic E-state index is -0.0778. The number of hydrogen-bond acceptors (Lipinski definition) is 10. The molecule has 0 radical (unpaired) electrons. The van der Waals surface area contributed by atoms with Crippen molar-refractivity contribution in [2.45, 2.75) is 427 Å². The molecule has 2 heterocycles. The van der Waals surface area contributed by atoms with Crippen molar-refractivity contribution >= 4 is 66.6 Å². The largest absolute Gasteiger partial charge is 0.490 e. The highest BCUT2D eigenvalue weighted by Gasteiger charge is 2.25. The molecule has 0 amide bonds. The van der Waals surface area contributed by atoms with Crippen molar-refractivity contribution in [1.82, 2.24) is 0 Å². The number of hydrogen-bond donors (Lipinski definition) is 0. The molecular formula is C114H166O8S2. The van der Waals surface area contributed by atoms with Gasteiger partial charge >= 0.3 is 0 Å². The van der Waals surface area contributed by atoms with Crippen LogP contribution < -0.4 is 28.4 Å². The summed E-state index contributed by atoms with van der Waals surface area (Å²) in [5, 5.41) is 6.72. The van der Waals surface area contributed by atoms with E-state index in [0.717, 1.165) is 130 Å². The van der Waals surface area contributed by atoms with E-state index in [0.29, 0.717) is 95.0 Å². The first-order valence-electron chi connectivity index (χ1n) is 51.4. The van der Waals surface area contributed by atoms with Crippen LogP contribution in [0.15, 0.2) is 97.1 Å². The van der Waals surface area contributed by atoms with Crippen LogP contribution in [-0.2, 0) is 0 Å². The summed E-state index contributed by atoms with van der Waals surface area (Å²) in [5.74, 6) is 17.7. The van der Waals surface area contributed by atoms with Gasteiger partial charge in [0.05, 0.1) is 59.1 Å². The van der Waals surface area contributed by atoms with Gasteiger partial charge in [0.25, 0.3) is 0 Å². The molecule has 0 aliphatic heterocycles. The van der Waals surface area contributed by atoms with E-state index in [4.69, 9.17) is 28.4 Å². The molecule has 0 N–H and O–H groups in total. The third-order valence-corrected chi connectivity index (χ3v) is 27.0. The van der Waals surface area contributed by atoms with Crippen LogP contribution in [0.25, 0.3) is 32.3 Å². The Bertz CT molecular complexity index is 3920. The van der Waals surface area contributed by atoms with Crippen LogP contribution in [0, 0.1) is 23.7 Å². The lowest BCUT2D eigenvalue weighted by molar-refractivity contribution is 0.103. The maximum absolute atomic E-state index is 15.0. The normalized spacial score (nSPS) is 11.4. The van der Waals surface area contributed by atoms with Gasteiger partial charge in [0.15, 0.2) is 23.0 Å². The third kappa shape index (κ3) is 39.3. The van der Waals surface area contributed by atoms with Gasteiger partial charge in [-0.05, 0) is 132 Å². The van der Waals surface area contributed by atoms with E-state index in [-0.39, 0.29) is 11.6 Å². The molecule has 0 saturated heterocycles. The molecule has 0 spiro atoms. The molecule has 0 aliphatic rings. The van der Waals surface area contributed by atoms with Gasteiger partial charge in [-0.2, -0.15) is 0 Å². The molecule has 0 aliphatic carbocycles. The monoisotopic (exact) mass is 1730 g/mol. The van der Waals surface area contributed by atoms with Crippen LogP contribution >= 0.6 is 22.7 Å². The summed E-state index contributed by atoms with van der Waals surface area (Å²) >= 11 is 2.86. The number of rotatable bonds is 76. The molecule has 0 atom stereocenters. The van der Waals surface area contributed by atoms with Gasteiger partial charge in [-0.3, -0.25) is 9.59 Å². The first-order chi connectivity index (χ1) is 61.3. The highest BCUT2D eigenvalue weighted by atomic mass is 32.1. The van der Waals surface area contributed by atoms with Gasteiger partial charge in [-0.15, -0.1) is 22.7 Å². The fraction of sp³-hybridized carbons (Fsp3) is 0.632. The van der Waals surface area contributed by atoms with E-state index in [1.807, 2.05) is 48.5 Å². The van der Waals surface area contributed by atoms with E-state index in [9.17, 15) is 9.59 Å². The minimum Gasteiger partial charge on any atom is -0.490 e. The lowest BCUT2D eigenvalue weighted by Gasteiger charge is -2.19. The standard InChI is InChI=1S/C114H166O8S2/c1-7-13-19-25-31-37-43-49-55-61-83-117-103-89-97(90-104(118-84-62-56-50-44-38-32-26-20-14-8-2)113(103)121-87-65-59-53-47-41-35-29-23-17-11-5)111(115)107-81-77-99(123-107)75-71-93-67-69-95-74-80-102-94(68-70-96-73-79-101(93)109(95)110(96)102)72-76-100-78-82-108(124-100)112(116)98-91-105(119-85-63-57-51-45-39-33-27-21-15-9-3)114(122-88-66-60-54-48-42-36-30-24-18-12-6)106(92-98)120-86-64-58-52-46-40-34-28-22-16-10-4/h67-70,73-74,77-82,89-92H,7-66,83-88H2,1-6H3. The summed E-state index contributed by atoms with van der Waals surface area (Å²) < 4.78 is 40.5. The predicted molar refractivity (Wildman–Crippen MR) is 535 cm³/mol. The molecular weight excluding hydrogens is 1560 g/mol. The molecule has 124 heavy (non-hydrogen) atoms. The SMILES string of the molecule is CCCCCCCCCCCCOc1cc(C(=O)c2ccc(C#Cc3ccc4ccc5c(C#Cc6ccc(C(=O)c7cc(OCCCCCCCCCCCC)c(OCCCCCCCCCCCC)c(OCCCCCCCCCCCC)c7)s6)ccc6ccc3c4c65)s2)cc(OCCCCCCCCCCCC)c1OCCCCCCCCCCCC. The molecule has 10 heteroatoms. The highest BCUT2D eigenvalue weighted by molar-refractivity contribution is 7.15. The van der Waals surface area contributed by atoms with E-state index >= 15 is 0 Å². The predicted octanol–water partition coefficient (Wildman–Crippen LogP) is 35.8. The number of benzene rings is 6. The second-order valence-electron chi connectivity index (χ2n) is 35.9. The molecule has 8 nitrogen and oxygen atoms in total. The number of carbonyl (C=O) groups excluding carboxylic acids is 2.